The van der Waals surface area contributed by atoms with Crippen LogP contribution in [0.1, 0.15) is 25.6 Å². The van der Waals surface area contributed by atoms with E-state index in [0.29, 0.717) is 5.82 Å². The smallest absolute Gasteiger partial charge is 0.133 e. The van der Waals surface area contributed by atoms with Crippen LogP contribution in [-0.4, -0.2) is 15.0 Å². The number of nitrogens with two attached hydrogens (primary N) is 1. The van der Waals surface area contributed by atoms with E-state index >= 15 is 0 Å². The van der Waals surface area contributed by atoms with Gasteiger partial charge in [-0.3, -0.25) is 4.98 Å². The maximum atomic E-state index is 5.88. The Hall–Kier alpha value is -2.49. The van der Waals surface area contributed by atoms with Gasteiger partial charge in [0, 0.05) is 29.1 Å². The van der Waals surface area contributed by atoms with Crippen LogP contribution in [0.5, 0.6) is 0 Å². The number of fused-ring (bicyclic) bond motifs is 1. The Bertz CT molecular complexity index is 765. The van der Waals surface area contributed by atoms with E-state index in [2.05, 4.69) is 28.8 Å². The molecule has 0 aliphatic carbocycles. The number of aromatic nitrogens is 3. The minimum absolute atomic E-state index is 0.246. The number of pyridine rings is 1. The third kappa shape index (κ3) is 2.32. The van der Waals surface area contributed by atoms with Crippen molar-refractivity contribution in [1.29, 1.82) is 0 Å². The van der Waals surface area contributed by atoms with E-state index in [1.165, 1.54) is 0 Å². The van der Waals surface area contributed by atoms with Crippen molar-refractivity contribution in [3.8, 4) is 11.3 Å². The summed E-state index contributed by atoms with van der Waals surface area (Å²) in [5.41, 5.74) is 8.68. The van der Waals surface area contributed by atoms with Crippen molar-refractivity contribution in [2.45, 2.75) is 19.8 Å². The summed E-state index contributed by atoms with van der Waals surface area (Å²) in [6.45, 7) is 4.11. The molecular weight excluding hydrogens is 248 g/mol. The second-order valence-corrected chi connectivity index (χ2v) is 5.10. The number of hydrogen-bond acceptors (Lipinski definition) is 4. The Balaban J connectivity index is 2.15. The van der Waals surface area contributed by atoms with Crippen molar-refractivity contribution >= 4 is 16.7 Å². The molecule has 0 saturated carbocycles. The highest BCUT2D eigenvalue weighted by Crippen LogP contribution is 2.24. The van der Waals surface area contributed by atoms with E-state index in [-0.39, 0.29) is 5.92 Å². The average Bonchev–Trinajstić information content (AvgIpc) is 2.46. The largest absolute Gasteiger partial charge is 0.384 e. The number of rotatable bonds is 2. The number of nitrogen functional groups attached to an aromatic ring is 1. The first-order valence-electron chi connectivity index (χ1n) is 6.63. The maximum Gasteiger partial charge on any atom is 0.133 e. The Morgan fingerprint density at radius 1 is 1.05 bits per heavy atom. The number of nitrogens with zero attached hydrogens (tertiary/aromatic N) is 3. The molecule has 0 atom stereocenters. The monoisotopic (exact) mass is 264 g/mol. The standard InChI is InChI=1S/C16H16N4/c1-10(2)16-19-14(9-15(17)20-16)12-6-5-11-4-3-7-18-13(11)8-12/h3-10H,1-2H3,(H2,17,19,20). The van der Waals surface area contributed by atoms with E-state index in [0.717, 1.165) is 28.0 Å². The summed E-state index contributed by atoms with van der Waals surface area (Å²) < 4.78 is 0. The molecule has 0 bridgehead atoms. The van der Waals surface area contributed by atoms with Gasteiger partial charge in [0.2, 0.25) is 0 Å². The maximum absolute atomic E-state index is 5.88. The Morgan fingerprint density at radius 3 is 2.70 bits per heavy atom. The molecule has 2 aromatic heterocycles. The molecule has 2 N–H and O–H groups in total. The summed E-state index contributed by atoms with van der Waals surface area (Å²) in [5.74, 6) is 1.51. The summed E-state index contributed by atoms with van der Waals surface area (Å²) in [6.07, 6.45) is 1.79. The lowest BCUT2D eigenvalue weighted by atomic mass is 10.1. The molecule has 0 spiro atoms. The molecule has 4 heteroatoms. The lowest BCUT2D eigenvalue weighted by Gasteiger charge is -2.08. The van der Waals surface area contributed by atoms with E-state index in [4.69, 9.17) is 5.73 Å². The van der Waals surface area contributed by atoms with Crippen LogP contribution in [0.3, 0.4) is 0 Å². The van der Waals surface area contributed by atoms with Crippen LogP contribution in [0.4, 0.5) is 5.82 Å². The molecule has 0 aliphatic rings. The molecule has 3 rings (SSSR count). The van der Waals surface area contributed by atoms with Crippen molar-refractivity contribution in [2.24, 2.45) is 0 Å². The van der Waals surface area contributed by atoms with E-state index in [9.17, 15) is 0 Å². The predicted molar refractivity (Wildman–Crippen MR) is 81.3 cm³/mol. The third-order valence-electron chi connectivity index (χ3n) is 3.18. The molecule has 1 aromatic carbocycles. The summed E-state index contributed by atoms with van der Waals surface area (Å²) in [6, 6.07) is 11.9. The second-order valence-electron chi connectivity index (χ2n) is 5.10. The SMILES string of the molecule is CC(C)c1nc(N)cc(-c2ccc3cccnc3c2)n1. The van der Waals surface area contributed by atoms with Gasteiger partial charge in [-0.25, -0.2) is 9.97 Å². The van der Waals surface area contributed by atoms with Crippen molar-refractivity contribution < 1.29 is 0 Å². The van der Waals surface area contributed by atoms with Gasteiger partial charge >= 0.3 is 0 Å². The van der Waals surface area contributed by atoms with Gasteiger partial charge in [0.15, 0.2) is 0 Å². The van der Waals surface area contributed by atoms with Crippen LogP contribution in [0.2, 0.25) is 0 Å². The molecule has 20 heavy (non-hydrogen) atoms. The quantitative estimate of drug-likeness (QED) is 0.770. The summed E-state index contributed by atoms with van der Waals surface area (Å²) in [4.78, 5) is 13.2. The lowest BCUT2D eigenvalue weighted by molar-refractivity contribution is 0.779. The highest BCUT2D eigenvalue weighted by molar-refractivity contribution is 5.83. The molecule has 0 saturated heterocycles. The molecule has 0 amide bonds. The van der Waals surface area contributed by atoms with Gasteiger partial charge in [-0.2, -0.15) is 0 Å². The fourth-order valence-electron chi connectivity index (χ4n) is 2.12. The normalized spacial score (nSPS) is 11.2. The molecule has 0 aliphatic heterocycles. The fraction of sp³-hybridized carbons (Fsp3) is 0.188. The van der Waals surface area contributed by atoms with Gasteiger partial charge in [0.1, 0.15) is 11.6 Å². The van der Waals surface area contributed by atoms with Crippen molar-refractivity contribution in [3.05, 3.63) is 48.4 Å². The van der Waals surface area contributed by atoms with Crippen LogP contribution in [0.25, 0.3) is 22.2 Å². The first-order valence-corrected chi connectivity index (χ1v) is 6.63. The highest BCUT2D eigenvalue weighted by Gasteiger charge is 2.08. The molecule has 100 valence electrons. The minimum atomic E-state index is 0.246. The molecule has 3 aromatic rings. The van der Waals surface area contributed by atoms with Gasteiger partial charge in [0.25, 0.3) is 0 Å². The average molecular weight is 264 g/mol. The fourth-order valence-corrected chi connectivity index (χ4v) is 2.12. The van der Waals surface area contributed by atoms with Crippen LogP contribution in [0.15, 0.2) is 42.6 Å². The minimum Gasteiger partial charge on any atom is -0.384 e. The van der Waals surface area contributed by atoms with E-state index in [1.54, 1.807) is 12.3 Å². The number of benzene rings is 1. The van der Waals surface area contributed by atoms with Gasteiger partial charge in [-0.1, -0.05) is 32.0 Å². The Labute approximate surface area is 117 Å². The zero-order valence-electron chi connectivity index (χ0n) is 11.5. The van der Waals surface area contributed by atoms with Crippen LogP contribution in [-0.2, 0) is 0 Å². The van der Waals surface area contributed by atoms with Crippen LogP contribution >= 0.6 is 0 Å². The van der Waals surface area contributed by atoms with Crippen LogP contribution < -0.4 is 5.73 Å². The molecule has 2 heterocycles. The molecule has 4 nitrogen and oxygen atoms in total. The van der Waals surface area contributed by atoms with Gasteiger partial charge < -0.3 is 5.73 Å². The molecular formula is C16H16N4. The van der Waals surface area contributed by atoms with E-state index < -0.39 is 0 Å². The van der Waals surface area contributed by atoms with Gasteiger partial charge in [-0.05, 0) is 12.1 Å². The van der Waals surface area contributed by atoms with Crippen molar-refractivity contribution in [2.75, 3.05) is 5.73 Å². The first-order chi connectivity index (χ1) is 9.63. The second kappa shape index (κ2) is 4.89. The van der Waals surface area contributed by atoms with Crippen molar-refractivity contribution in [3.63, 3.8) is 0 Å². The lowest BCUT2D eigenvalue weighted by Crippen LogP contribution is -2.02. The number of hydrogen-bond donors (Lipinski definition) is 1. The topological polar surface area (TPSA) is 64.7 Å². The molecule has 0 fully saturated rings. The summed E-state index contributed by atoms with van der Waals surface area (Å²) >= 11 is 0. The predicted octanol–water partition coefficient (Wildman–Crippen LogP) is 3.40. The summed E-state index contributed by atoms with van der Waals surface area (Å²) in [5, 5.41) is 1.11. The van der Waals surface area contributed by atoms with E-state index in [1.807, 2.05) is 30.3 Å². The van der Waals surface area contributed by atoms with Gasteiger partial charge in [-0.15, -0.1) is 0 Å². The van der Waals surface area contributed by atoms with Crippen molar-refractivity contribution in [1.82, 2.24) is 15.0 Å². The highest BCUT2D eigenvalue weighted by atomic mass is 14.9. The Morgan fingerprint density at radius 2 is 1.90 bits per heavy atom. The zero-order chi connectivity index (χ0) is 14.1. The Kier molecular flexibility index (Phi) is 3.06. The summed E-state index contributed by atoms with van der Waals surface area (Å²) in [7, 11) is 0. The first kappa shape index (κ1) is 12.5. The van der Waals surface area contributed by atoms with Gasteiger partial charge in [0.05, 0.1) is 11.2 Å². The zero-order valence-corrected chi connectivity index (χ0v) is 11.5. The molecule has 0 unspecified atom stereocenters. The third-order valence-corrected chi connectivity index (χ3v) is 3.18. The molecule has 0 radical (unpaired) electrons. The van der Waals surface area contributed by atoms with Crippen LogP contribution in [0, 0.1) is 0 Å². The number of anilines is 1.